The third-order valence-corrected chi connectivity index (χ3v) is 6.55. The van der Waals surface area contributed by atoms with Crippen LogP contribution in [0, 0.1) is 0 Å². The van der Waals surface area contributed by atoms with Gasteiger partial charge in [0.2, 0.25) is 0 Å². The van der Waals surface area contributed by atoms with E-state index in [1.54, 1.807) is 0 Å². The summed E-state index contributed by atoms with van der Waals surface area (Å²) in [5.74, 6) is -0.658. The average Bonchev–Trinajstić information content (AvgIpc) is 2.34. The van der Waals surface area contributed by atoms with Crippen LogP contribution >= 0.6 is 0 Å². The number of benzene rings is 1. The van der Waals surface area contributed by atoms with Crippen LogP contribution in [0.1, 0.15) is 32.6 Å². The lowest BCUT2D eigenvalue weighted by Gasteiger charge is -2.14. The predicted molar refractivity (Wildman–Crippen MR) is 74.6 cm³/mol. The molecule has 1 N–H and O–H groups in total. The van der Waals surface area contributed by atoms with Gasteiger partial charge in [0.25, 0.3) is 0 Å². The smallest absolute Gasteiger partial charge is 0.303 e. The number of unbranched alkanes of at least 4 members (excludes halogenated alkanes) is 2. The minimum absolute atomic E-state index is 0.331. The summed E-state index contributed by atoms with van der Waals surface area (Å²) in [6.45, 7) is 2.20. The molecule has 0 bridgehead atoms. The molecule has 0 heterocycles. The minimum atomic E-state index is -1.06. The van der Waals surface area contributed by atoms with Crippen molar-refractivity contribution in [1.82, 2.24) is 0 Å². The summed E-state index contributed by atoms with van der Waals surface area (Å²) in [6, 6.07) is 12.6. The first-order valence-electron chi connectivity index (χ1n) is 6.50. The van der Waals surface area contributed by atoms with Crippen LogP contribution < -0.4 is 5.19 Å². The Morgan fingerprint density at radius 2 is 1.88 bits per heavy atom. The van der Waals surface area contributed by atoms with Crippen LogP contribution in [0.25, 0.3) is 0 Å². The quantitative estimate of drug-likeness (QED) is 0.569. The van der Waals surface area contributed by atoms with E-state index in [9.17, 15) is 4.79 Å². The molecule has 0 fully saturated rings. The fourth-order valence-corrected chi connectivity index (χ4v) is 5.24. The van der Waals surface area contributed by atoms with Crippen LogP contribution in [0.15, 0.2) is 30.3 Å². The van der Waals surface area contributed by atoms with Crippen LogP contribution in [-0.2, 0) is 4.79 Å². The molecule has 2 nitrogen and oxygen atoms in total. The summed E-state index contributed by atoms with van der Waals surface area (Å²) in [5, 5.41) is 10.2. The highest BCUT2D eigenvalue weighted by molar-refractivity contribution is 6.73. The maximum absolute atomic E-state index is 10.7. The second kappa shape index (κ2) is 8.07. The zero-order valence-corrected chi connectivity index (χ0v) is 11.7. The van der Waals surface area contributed by atoms with Crippen molar-refractivity contribution in [3.8, 4) is 0 Å². The van der Waals surface area contributed by atoms with Crippen LogP contribution in [-0.4, -0.2) is 19.9 Å². The van der Waals surface area contributed by atoms with Gasteiger partial charge in [-0.2, -0.15) is 0 Å². The Hall–Kier alpha value is -1.09. The number of rotatable bonds is 8. The topological polar surface area (TPSA) is 37.3 Å². The molecular formula is C14H22O2Si. The van der Waals surface area contributed by atoms with Crippen molar-refractivity contribution in [2.75, 3.05) is 0 Å². The van der Waals surface area contributed by atoms with E-state index in [4.69, 9.17) is 5.11 Å². The fraction of sp³-hybridized carbons (Fsp3) is 0.500. The molecule has 1 rings (SSSR count). The molecule has 0 aliphatic carbocycles. The number of carbonyl (C=O) groups is 1. The standard InChI is InChI=1S/C14H22O2Si/c1-2-3-7-11-17(12-10-14(15)16)13-8-5-4-6-9-13/h4-6,8-9,17H,2-3,7,10-12H2,1H3,(H,15,16). The van der Waals surface area contributed by atoms with E-state index in [2.05, 4.69) is 31.2 Å². The first-order valence-corrected chi connectivity index (χ1v) is 8.71. The fourth-order valence-electron chi connectivity index (χ4n) is 2.14. The maximum atomic E-state index is 10.7. The highest BCUT2D eigenvalue weighted by atomic mass is 28.3. The molecule has 0 saturated heterocycles. The predicted octanol–water partition coefficient (Wildman–Crippen LogP) is 2.79. The Bertz CT molecular complexity index is 324. The second-order valence-electron chi connectivity index (χ2n) is 4.54. The van der Waals surface area contributed by atoms with Gasteiger partial charge in [-0.3, -0.25) is 4.79 Å². The molecule has 0 aliphatic rings. The summed E-state index contributed by atoms with van der Waals surface area (Å²) in [7, 11) is -1.06. The maximum Gasteiger partial charge on any atom is 0.303 e. The highest BCUT2D eigenvalue weighted by Crippen LogP contribution is 2.10. The molecule has 1 aromatic rings. The monoisotopic (exact) mass is 250 g/mol. The summed E-state index contributed by atoms with van der Waals surface area (Å²) in [5.41, 5.74) is 0. The molecule has 94 valence electrons. The summed E-state index contributed by atoms with van der Waals surface area (Å²) in [4.78, 5) is 10.7. The number of aliphatic carboxylic acids is 1. The molecule has 1 unspecified atom stereocenters. The largest absolute Gasteiger partial charge is 0.481 e. The van der Waals surface area contributed by atoms with Crippen LogP contribution in [0.4, 0.5) is 0 Å². The molecule has 0 spiro atoms. The minimum Gasteiger partial charge on any atom is -0.481 e. The number of hydrogen-bond acceptors (Lipinski definition) is 1. The highest BCUT2D eigenvalue weighted by Gasteiger charge is 2.14. The lowest BCUT2D eigenvalue weighted by Crippen LogP contribution is -2.30. The summed E-state index contributed by atoms with van der Waals surface area (Å²) in [6.07, 6.45) is 4.08. The van der Waals surface area contributed by atoms with Crippen LogP contribution in [0.3, 0.4) is 0 Å². The van der Waals surface area contributed by atoms with Crippen molar-refractivity contribution >= 4 is 20.0 Å². The zero-order chi connectivity index (χ0) is 12.5. The van der Waals surface area contributed by atoms with Crippen LogP contribution in [0.2, 0.25) is 12.1 Å². The Balaban J connectivity index is 2.55. The van der Waals surface area contributed by atoms with Crippen molar-refractivity contribution in [3.05, 3.63) is 30.3 Å². The molecule has 1 atom stereocenters. The third-order valence-electron chi connectivity index (χ3n) is 3.13. The van der Waals surface area contributed by atoms with Gasteiger partial charge in [0, 0.05) is 6.42 Å². The Labute approximate surface area is 105 Å². The molecule has 3 heteroatoms. The van der Waals surface area contributed by atoms with E-state index in [1.165, 1.54) is 30.5 Å². The molecule has 0 amide bonds. The van der Waals surface area contributed by atoms with Gasteiger partial charge in [-0.1, -0.05) is 67.7 Å². The number of carboxylic acid groups (broad SMARTS) is 1. The van der Waals surface area contributed by atoms with Gasteiger partial charge in [0.05, 0.1) is 8.80 Å². The van der Waals surface area contributed by atoms with Crippen LogP contribution in [0.5, 0.6) is 0 Å². The van der Waals surface area contributed by atoms with Crippen molar-refractivity contribution in [2.45, 2.75) is 44.7 Å². The summed E-state index contributed by atoms with van der Waals surface area (Å²) >= 11 is 0. The normalized spacial score (nSPS) is 12.3. The second-order valence-corrected chi connectivity index (χ2v) is 7.75. The Morgan fingerprint density at radius 3 is 2.47 bits per heavy atom. The molecule has 0 saturated carbocycles. The van der Waals surface area contributed by atoms with Crippen molar-refractivity contribution in [2.24, 2.45) is 0 Å². The van der Waals surface area contributed by atoms with Gasteiger partial charge in [-0.05, 0) is 6.04 Å². The van der Waals surface area contributed by atoms with E-state index in [-0.39, 0.29) is 0 Å². The van der Waals surface area contributed by atoms with Gasteiger partial charge in [-0.15, -0.1) is 0 Å². The average molecular weight is 250 g/mol. The SMILES string of the molecule is CCCCC[SiH](CCC(=O)O)c1ccccc1. The number of carboxylic acids is 1. The molecule has 0 radical (unpaired) electrons. The van der Waals surface area contributed by atoms with Gasteiger partial charge in [0.15, 0.2) is 0 Å². The van der Waals surface area contributed by atoms with Crippen molar-refractivity contribution < 1.29 is 9.90 Å². The molecule has 0 aromatic heterocycles. The van der Waals surface area contributed by atoms with E-state index < -0.39 is 14.8 Å². The first kappa shape index (κ1) is 14.0. The van der Waals surface area contributed by atoms with E-state index in [0.29, 0.717) is 6.42 Å². The van der Waals surface area contributed by atoms with Gasteiger partial charge in [-0.25, -0.2) is 0 Å². The lowest BCUT2D eigenvalue weighted by molar-refractivity contribution is -0.136. The Kier molecular flexibility index (Phi) is 6.63. The van der Waals surface area contributed by atoms with Gasteiger partial charge >= 0.3 is 5.97 Å². The zero-order valence-electron chi connectivity index (χ0n) is 10.6. The van der Waals surface area contributed by atoms with E-state index in [1.807, 2.05) is 6.07 Å². The van der Waals surface area contributed by atoms with Crippen molar-refractivity contribution in [3.63, 3.8) is 0 Å². The third kappa shape index (κ3) is 5.68. The lowest BCUT2D eigenvalue weighted by atomic mass is 10.3. The van der Waals surface area contributed by atoms with E-state index >= 15 is 0 Å². The summed E-state index contributed by atoms with van der Waals surface area (Å²) < 4.78 is 0. The van der Waals surface area contributed by atoms with Gasteiger partial charge in [0.1, 0.15) is 0 Å². The van der Waals surface area contributed by atoms with Gasteiger partial charge < -0.3 is 5.11 Å². The van der Waals surface area contributed by atoms with E-state index in [0.717, 1.165) is 6.04 Å². The molecule has 1 aromatic carbocycles. The first-order chi connectivity index (χ1) is 8.24. The van der Waals surface area contributed by atoms with Crippen molar-refractivity contribution in [1.29, 1.82) is 0 Å². The molecular weight excluding hydrogens is 228 g/mol. The number of hydrogen-bond donors (Lipinski definition) is 1. The Morgan fingerprint density at radius 1 is 1.18 bits per heavy atom. The molecule has 17 heavy (non-hydrogen) atoms. The molecule has 0 aliphatic heterocycles.